The zero-order valence-corrected chi connectivity index (χ0v) is 12.3. The van der Waals surface area contributed by atoms with Gasteiger partial charge in [0.15, 0.2) is 5.75 Å². The van der Waals surface area contributed by atoms with Crippen molar-refractivity contribution < 1.29 is 18.7 Å². The molecule has 0 saturated heterocycles. The molecule has 0 amide bonds. The Morgan fingerprint density at radius 2 is 1.67 bits per heavy atom. The van der Waals surface area contributed by atoms with Crippen molar-refractivity contribution in [3.63, 3.8) is 0 Å². The summed E-state index contributed by atoms with van der Waals surface area (Å²) in [5.74, 6) is 0.472. The molecule has 5 nitrogen and oxygen atoms in total. The average Bonchev–Trinajstić information content (AvgIpc) is 2.53. The molecule has 0 bridgehead atoms. The van der Waals surface area contributed by atoms with Gasteiger partial charge in [-0.1, -0.05) is 48.5 Å². The van der Waals surface area contributed by atoms with Crippen LogP contribution in [0.25, 0.3) is 0 Å². The number of para-hydroxylation sites is 1. The topological polar surface area (TPSA) is 67.8 Å². The summed E-state index contributed by atoms with van der Waals surface area (Å²) in [6, 6.07) is 18.3. The van der Waals surface area contributed by atoms with E-state index in [0.717, 1.165) is 5.56 Å². The van der Waals surface area contributed by atoms with Crippen LogP contribution in [-0.2, 0) is 15.9 Å². The maximum Gasteiger partial charge on any atom is 0.544 e. The van der Waals surface area contributed by atoms with Gasteiger partial charge in [-0.15, -0.1) is 5.09 Å². The van der Waals surface area contributed by atoms with Crippen LogP contribution in [0, 0.1) is 0 Å². The van der Waals surface area contributed by atoms with Crippen LogP contribution in [-0.4, -0.2) is 17.7 Å². The summed E-state index contributed by atoms with van der Waals surface area (Å²) in [6.07, 6.45) is 0.644. The molecule has 0 aromatic heterocycles. The highest BCUT2D eigenvalue weighted by Crippen LogP contribution is 2.52. The highest BCUT2D eigenvalue weighted by Gasteiger charge is 2.43. The van der Waals surface area contributed by atoms with E-state index in [9.17, 15) is 9.69 Å². The Labute approximate surface area is 124 Å². The second-order valence-corrected chi connectivity index (χ2v) is 6.01. The second kappa shape index (κ2) is 7.86. The summed E-state index contributed by atoms with van der Waals surface area (Å²) in [4.78, 5) is 21.0. The van der Waals surface area contributed by atoms with Gasteiger partial charge in [0, 0.05) is 0 Å². The highest BCUT2D eigenvalue weighted by molar-refractivity contribution is 7.58. The molecule has 2 rings (SSSR count). The lowest BCUT2D eigenvalue weighted by molar-refractivity contribution is -0.107. The predicted octanol–water partition coefficient (Wildman–Crippen LogP) is 2.74. The minimum atomic E-state index is -3.35. The molecule has 1 atom stereocenters. The third-order valence-electron chi connectivity index (χ3n) is 2.60. The maximum atomic E-state index is 10.5. The number of rotatable bonds is 8. The molecule has 0 spiro atoms. The van der Waals surface area contributed by atoms with Gasteiger partial charge in [0.25, 0.3) is 0 Å². The molecule has 0 radical (unpaired) electrons. The number of hydrogen-bond acceptors (Lipinski definition) is 5. The molecule has 2 aromatic carbocycles. The Kier molecular flexibility index (Phi) is 5.84. The zero-order chi connectivity index (χ0) is 15.0. The van der Waals surface area contributed by atoms with E-state index in [1.807, 2.05) is 36.4 Å². The van der Waals surface area contributed by atoms with E-state index < -0.39 is 8.09 Å². The molecule has 0 saturated carbocycles. The van der Waals surface area contributed by atoms with E-state index in [4.69, 9.17) is 9.05 Å². The molecule has 6 heteroatoms. The van der Waals surface area contributed by atoms with Gasteiger partial charge in [-0.05, 0) is 17.7 Å². The molecule has 0 aliphatic heterocycles. The van der Waals surface area contributed by atoms with Gasteiger partial charge >= 0.3 is 8.09 Å². The number of carbonyl (C=O) groups is 1. The van der Waals surface area contributed by atoms with Crippen LogP contribution in [0.3, 0.4) is 0 Å². The molecular weight excluding hydrogens is 289 g/mol. The molecule has 1 unspecified atom stereocenters. The van der Waals surface area contributed by atoms with Crippen LogP contribution in [0.1, 0.15) is 5.56 Å². The summed E-state index contributed by atoms with van der Waals surface area (Å²) in [7, 11) is -3.35. The molecular formula is C15H17NO4P+. The number of benzene rings is 2. The Bertz CT molecular complexity index is 552. The van der Waals surface area contributed by atoms with E-state index in [0.29, 0.717) is 12.0 Å². The van der Waals surface area contributed by atoms with Gasteiger partial charge < -0.3 is 4.79 Å². The van der Waals surface area contributed by atoms with Gasteiger partial charge in [-0.2, -0.15) is 9.42 Å². The van der Waals surface area contributed by atoms with E-state index in [1.165, 1.54) is 0 Å². The molecule has 0 fully saturated rings. The summed E-state index contributed by atoms with van der Waals surface area (Å²) < 4.78 is 11.0. The van der Waals surface area contributed by atoms with Crippen LogP contribution < -0.4 is 9.61 Å². The normalized spacial score (nSPS) is 13.4. The Balaban J connectivity index is 2.03. The minimum Gasteiger partial charge on any atom is -0.302 e. The molecule has 2 aromatic rings. The van der Waals surface area contributed by atoms with E-state index in [2.05, 4.69) is 5.09 Å². The van der Waals surface area contributed by atoms with Crippen molar-refractivity contribution >= 4 is 14.4 Å². The van der Waals surface area contributed by atoms with Gasteiger partial charge in [-0.25, -0.2) is 0 Å². The van der Waals surface area contributed by atoms with E-state index in [-0.39, 0.29) is 13.2 Å². The number of carbonyl (C=O) groups excluding carboxylic acids is 1. The van der Waals surface area contributed by atoms with Crippen LogP contribution in [0.2, 0.25) is 0 Å². The molecule has 0 aliphatic carbocycles. The molecule has 0 aliphatic rings. The first-order valence-electron chi connectivity index (χ1n) is 6.45. The van der Waals surface area contributed by atoms with Crippen LogP contribution in [0.4, 0.5) is 0 Å². The van der Waals surface area contributed by atoms with Crippen molar-refractivity contribution in [2.75, 3.05) is 6.54 Å². The van der Waals surface area contributed by atoms with Crippen molar-refractivity contribution in [1.29, 1.82) is 0 Å². The lowest BCUT2D eigenvalue weighted by Gasteiger charge is -2.16. The number of nitrogens with one attached hydrogen (secondary N) is 1. The lowest BCUT2D eigenvalue weighted by Crippen LogP contribution is -2.24. The molecule has 2 N–H and O–H groups in total. The quantitative estimate of drug-likeness (QED) is 0.580. The smallest absolute Gasteiger partial charge is 0.302 e. The second-order valence-electron chi connectivity index (χ2n) is 4.21. The maximum absolute atomic E-state index is 10.5. The molecule has 110 valence electrons. The summed E-state index contributed by atoms with van der Waals surface area (Å²) in [5, 5.41) is 2.62. The van der Waals surface area contributed by atoms with Crippen LogP contribution in [0.5, 0.6) is 5.75 Å². The molecule has 21 heavy (non-hydrogen) atoms. The number of hydrogen-bond donors (Lipinski definition) is 2. The summed E-state index contributed by atoms with van der Waals surface area (Å²) >= 11 is 0. The third kappa shape index (κ3) is 5.25. The average molecular weight is 306 g/mol. The predicted molar refractivity (Wildman–Crippen MR) is 81.5 cm³/mol. The lowest BCUT2D eigenvalue weighted by atomic mass is 10.2. The summed E-state index contributed by atoms with van der Waals surface area (Å²) in [6.45, 7) is 0.135. The van der Waals surface area contributed by atoms with Gasteiger partial charge in [-0.3, -0.25) is 4.52 Å². The summed E-state index contributed by atoms with van der Waals surface area (Å²) in [5.41, 5.74) is 0.903. The largest absolute Gasteiger partial charge is 0.544 e. The Morgan fingerprint density at radius 3 is 2.29 bits per heavy atom. The SMILES string of the molecule is O=CCN[P+](O)(OCc1ccccc1)Oc1ccccc1. The van der Waals surface area contributed by atoms with Crippen molar-refractivity contribution in [2.45, 2.75) is 6.61 Å². The first kappa shape index (κ1) is 15.6. The van der Waals surface area contributed by atoms with Gasteiger partial charge in [0.05, 0.1) is 6.54 Å². The fraction of sp³-hybridized carbons (Fsp3) is 0.133. The van der Waals surface area contributed by atoms with Crippen molar-refractivity contribution in [1.82, 2.24) is 5.09 Å². The van der Waals surface area contributed by atoms with Crippen LogP contribution >= 0.6 is 8.09 Å². The Morgan fingerprint density at radius 1 is 1.05 bits per heavy atom. The Hall–Kier alpha value is -1.78. The van der Waals surface area contributed by atoms with E-state index in [1.54, 1.807) is 24.3 Å². The first-order chi connectivity index (χ1) is 10.2. The van der Waals surface area contributed by atoms with Gasteiger partial charge in [0.2, 0.25) is 0 Å². The zero-order valence-electron chi connectivity index (χ0n) is 11.4. The van der Waals surface area contributed by atoms with E-state index >= 15 is 0 Å². The van der Waals surface area contributed by atoms with Gasteiger partial charge in [0.1, 0.15) is 12.9 Å². The van der Waals surface area contributed by atoms with Crippen molar-refractivity contribution in [3.8, 4) is 5.75 Å². The first-order valence-corrected chi connectivity index (χ1v) is 8.03. The third-order valence-corrected chi connectivity index (χ3v) is 4.12. The van der Waals surface area contributed by atoms with Crippen molar-refractivity contribution in [3.05, 3.63) is 66.2 Å². The monoisotopic (exact) mass is 306 g/mol. The minimum absolute atomic E-state index is 0.0497. The standard InChI is InChI=1S/C15H17NO4P/c17-12-11-16-21(18,20-15-9-5-2-6-10-15)19-13-14-7-3-1-4-8-14/h1-10,12,16,18H,11,13H2/q+1. The van der Waals surface area contributed by atoms with Crippen molar-refractivity contribution in [2.24, 2.45) is 0 Å². The fourth-order valence-corrected chi connectivity index (χ4v) is 2.86. The molecule has 0 heterocycles. The number of aldehydes is 1. The fourth-order valence-electron chi connectivity index (χ4n) is 1.62. The highest BCUT2D eigenvalue weighted by atomic mass is 31.2. The van der Waals surface area contributed by atoms with Crippen LogP contribution in [0.15, 0.2) is 60.7 Å².